The molecule has 2 aliphatic rings. The van der Waals surface area contributed by atoms with E-state index in [-0.39, 0.29) is 17.8 Å². The molecule has 0 radical (unpaired) electrons. The molecule has 1 aromatic carbocycles. The van der Waals surface area contributed by atoms with E-state index in [2.05, 4.69) is 0 Å². The van der Waals surface area contributed by atoms with Gasteiger partial charge in [0, 0.05) is 12.1 Å². The molecular weight excluding hydrogens is 389 g/mol. The molecule has 156 valence electrons. The second kappa shape index (κ2) is 7.55. The van der Waals surface area contributed by atoms with Crippen molar-refractivity contribution in [2.24, 2.45) is 0 Å². The van der Waals surface area contributed by atoms with Crippen LogP contribution in [-0.4, -0.2) is 32.3 Å². The largest absolute Gasteiger partial charge is 0.505 e. The van der Waals surface area contributed by atoms with Crippen LogP contribution in [0, 0.1) is 5.82 Å². The van der Waals surface area contributed by atoms with Gasteiger partial charge in [0.1, 0.15) is 16.9 Å². The van der Waals surface area contributed by atoms with Crippen LogP contribution in [0.15, 0.2) is 42.0 Å². The van der Waals surface area contributed by atoms with Crippen LogP contribution in [0.5, 0.6) is 0 Å². The van der Waals surface area contributed by atoms with E-state index in [1.165, 1.54) is 12.1 Å². The molecule has 6 nitrogen and oxygen atoms in total. The maximum absolute atomic E-state index is 13.6. The van der Waals surface area contributed by atoms with Crippen LogP contribution in [0.2, 0.25) is 0 Å². The Morgan fingerprint density at radius 2 is 1.60 bits per heavy atom. The number of carboxylic acid groups (broad SMARTS) is 1. The molecule has 1 saturated carbocycles. The van der Waals surface area contributed by atoms with Crippen molar-refractivity contribution in [3.8, 4) is 11.3 Å². The number of Topliss-reactive ketones (excluding diaryl/α,β-unsaturated/α-hetero) is 2. The number of allylic oxidation sites excluding steroid dienone is 1. The average Bonchev–Trinajstić information content (AvgIpc) is 3.18. The van der Waals surface area contributed by atoms with Gasteiger partial charge >= 0.3 is 5.97 Å². The third-order valence-corrected chi connectivity index (χ3v) is 6.10. The van der Waals surface area contributed by atoms with E-state index < -0.39 is 35.3 Å². The smallest absolute Gasteiger partial charge is 0.303 e. The summed E-state index contributed by atoms with van der Waals surface area (Å²) in [4.78, 5) is 37.2. The molecule has 0 saturated heterocycles. The van der Waals surface area contributed by atoms with Gasteiger partial charge in [-0.1, -0.05) is 19.3 Å². The summed E-state index contributed by atoms with van der Waals surface area (Å²) in [6.45, 7) is 0. The number of nitrogens with zero attached hydrogens (tertiary/aromatic N) is 1. The summed E-state index contributed by atoms with van der Waals surface area (Å²) in [5, 5.41) is 19.8. The van der Waals surface area contributed by atoms with E-state index >= 15 is 0 Å². The van der Waals surface area contributed by atoms with Gasteiger partial charge in [-0.2, -0.15) is 0 Å². The Labute approximate surface area is 172 Å². The lowest BCUT2D eigenvalue weighted by molar-refractivity contribution is -0.138. The Bertz CT molecular complexity index is 1060. The number of benzene rings is 1. The highest BCUT2D eigenvalue weighted by atomic mass is 19.1. The number of rotatable bonds is 5. The maximum atomic E-state index is 13.6. The number of aliphatic carboxylic acids is 1. The number of halogens is 1. The molecule has 1 aliphatic carbocycles. The second-order valence-electron chi connectivity index (χ2n) is 7.91. The number of carbonyl (C=O) groups excluding carboxylic acids is 2. The first kappa shape index (κ1) is 20.1. The van der Waals surface area contributed by atoms with Gasteiger partial charge in [0.15, 0.2) is 17.3 Å². The first-order valence-electron chi connectivity index (χ1n) is 10.1. The summed E-state index contributed by atoms with van der Waals surface area (Å²) in [5.41, 5.74) is 0.419. The highest BCUT2D eigenvalue weighted by Gasteiger charge is 2.50. The number of hydrogen-bond donors (Lipinski definition) is 2. The van der Waals surface area contributed by atoms with Crippen LogP contribution in [0.25, 0.3) is 17.0 Å². The molecule has 1 fully saturated rings. The summed E-state index contributed by atoms with van der Waals surface area (Å²) in [5.74, 6) is -3.04. The molecule has 0 amide bonds. The molecular formula is C23H22FNO5. The summed E-state index contributed by atoms with van der Waals surface area (Å²) in [6.07, 6.45) is 2.85. The Morgan fingerprint density at radius 3 is 2.23 bits per heavy atom. The molecule has 1 spiro atoms. The zero-order valence-corrected chi connectivity index (χ0v) is 16.4. The van der Waals surface area contributed by atoms with E-state index in [1.54, 1.807) is 28.8 Å². The van der Waals surface area contributed by atoms with Gasteiger partial charge in [-0.3, -0.25) is 14.4 Å². The van der Waals surface area contributed by atoms with Gasteiger partial charge in [0.2, 0.25) is 0 Å². The number of hydrogen-bond acceptors (Lipinski definition) is 4. The summed E-state index contributed by atoms with van der Waals surface area (Å²) in [6, 6.07) is 9.32. The van der Waals surface area contributed by atoms with E-state index in [1.807, 2.05) is 0 Å². The van der Waals surface area contributed by atoms with Crippen molar-refractivity contribution in [2.45, 2.75) is 50.5 Å². The predicted octanol–water partition coefficient (Wildman–Crippen LogP) is 4.24. The second-order valence-corrected chi connectivity index (χ2v) is 7.91. The topological polar surface area (TPSA) is 96.6 Å². The molecule has 2 N–H and O–H groups in total. The minimum absolute atomic E-state index is 0.297. The third kappa shape index (κ3) is 3.14. The molecule has 30 heavy (non-hydrogen) atoms. The fourth-order valence-corrected chi connectivity index (χ4v) is 4.69. The molecule has 0 atom stereocenters. The highest BCUT2D eigenvalue weighted by molar-refractivity contribution is 6.27. The quantitative estimate of drug-likeness (QED) is 0.718. The van der Waals surface area contributed by atoms with E-state index in [0.29, 0.717) is 29.8 Å². The number of aliphatic hydroxyl groups excluding tert-OH is 1. The van der Waals surface area contributed by atoms with Crippen molar-refractivity contribution in [1.82, 2.24) is 4.57 Å². The number of ketones is 2. The molecule has 4 rings (SSSR count). The Morgan fingerprint density at radius 1 is 0.967 bits per heavy atom. The highest BCUT2D eigenvalue weighted by Crippen LogP contribution is 2.47. The predicted molar refractivity (Wildman–Crippen MR) is 107 cm³/mol. The Kier molecular flexibility index (Phi) is 5.05. The maximum Gasteiger partial charge on any atom is 0.303 e. The van der Waals surface area contributed by atoms with Crippen molar-refractivity contribution >= 4 is 23.3 Å². The van der Waals surface area contributed by atoms with Gasteiger partial charge < -0.3 is 14.8 Å². The van der Waals surface area contributed by atoms with E-state index in [4.69, 9.17) is 5.11 Å². The third-order valence-electron chi connectivity index (χ3n) is 6.10. The fourth-order valence-electron chi connectivity index (χ4n) is 4.69. The van der Waals surface area contributed by atoms with Crippen molar-refractivity contribution in [3.05, 3.63) is 53.5 Å². The Balaban J connectivity index is 1.89. The molecule has 7 heteroatoms. The zero-order valence-electron chi connectivity index (χ0n) is 16.4. The van der Waals surface area contributed by atoms with Crippen molar-refractivity contribution < 1.29 is 29.0 Å². The van der Waals surface area contributed by atoms with Crippen LogP contribution in [0.3, 0.4) is 0 Å². The summed E-state index contributed by atoms with van der Waals surface area (Å²) in [7, 11) is 0. The first-order valence-corrected chi connectivity index (χ1v) is 10.1. The van der Waals surface area contributed by atoms with Gasteiger partial charge in [0.25, 0.3) is 0 Å². The Hall–Kier alpha value is -3.22. The lowest BCUT2D eigenvalue weighted by Crippen LogP contribution is -2.49. The summed E-state index contributed by atoms with van der Waals surface area (Å²) >= 11 is 0. The number of fused-ring (bicyclic) bond motifs is 2. The number of aliphatic hydroxyl groups is 1. The van der Waals surface area contributed by atoms with Crippen molar-refractivity contribution in [1.29, 1.82) is 0 Å². The van der Waals surface area contributed by atoms with Crippen LogP contribution < -0.4 is 0 Å². The van der Waals surface area contributed by atoms with Gasteiger partial charge in [-0.15, -0.1) is 0 Å². The average molecular weight is 411 g/mol. The van der Waals surface area contributed by atoms with Crippen molar-refractivity contribution in [3.63, 3.8) is 0 Å². The molecule has 0 bridgehead atoms. The molecule has 1 aromatic heterocycles. The first-order chi connectivity index (χ1) is 14.3. The van der Waals surface area contributed by atoms with Crippen LogP contribution in [-0.2, 0) is 19.9 Å². The van der Waals surface area contributed by atoms with Gasteiger partial charge in [-0.05, 0) is 54.8 Å². The fraction of sp³-hybridized carbons (Fsp3) is 0.348. The number of aromatic nitrogens is 1. The van der Waals surface area contributed by atoms with Crippen LogP contribution in [0.1, 0.15) is 50.6 Å². The number of carbonyl (C=O) groups is 3. The van der Waals surface area contributed by atoms with Gasteiger partial charge in [-0.25, -0.2) is 4.39 Å². The van der Waals surface area contributed by atoms with Gasteiger partial charge in [0.05, 0.1) is 12.1 Å². The molecule has 0 unspecified atom stereocenters. The monoisotopic (exact) mass is 411 g/mol. The number of carboxylic acids is 1. The van der Waals surface area contributed by atoms with E-state index in [0.717, 1.165) is 19.3 Å². The van der Waals surface area contributed by atoms with Crippen LogP contribution in [0.4, 0.5) is 4.39 Å². The molecule has 2 aromatic rings. The normalized spacial score (nSPS) is 17.8. The molecule has 1 aliphatic heterocycles. The lowest BCUT2D eigenvalue weighted by Gasteiger charge is -2.42. The van der Waals surface area contributed by atoms with Crippen molar-refractivity contribution in [2.75, 3.05) is 0 Å². The minimum atomic E-state index is -1.14. The minimum Gasteiger partial charge on any atom is -0.505 e. The SMILES string of the molecule is O=C(O)CCC(=O)C1=C(O)c2ccc(-c3ccc(F)cc3)n2C2(CCCCC2)C1=O. The lowest BCUT2D eigenvalue weighted by atomic mass is 9.72. The molecule has 2 heterocycles. The van der Waals surface area contributed by atoms with Crippen LogP contribution >= 0.6 is 0 Å². The zero-order chi connectivity index (χ0) is 21.5. The standard InChI is InChI=1S/C23H22FNO5/c24-15-6-4-14(5-7-15)16-8-9-17-21(29)20(18(26)10-11-19(27)28)22(30)23(25(16)17)12-2-1-3-13-23/h4-9,29H,1-3,10-13H2,(H,27,28). The summed E-state index contributed by atoms with van der Waals surface area (Å²) < 4.78 is 15.2. The van der Waals surface area contributed by atoms with E-state index in [9.17, 15) is 23.9 Å².